The van der Waals surface area contributed by atoms with Gasteiger partial charge in [-0.3, -0.25) is 14.3 Å². The summed E-state index contributed by atoms with van der Waals surface area (Å²) in [6.07, 6.45) is 4.93. The van der Waals surface area contributed by atoms with Crippen molar-refractivity contribution in [2.45, 2.75) is 52.5 Å². The SMILES string of the molecule is Cc1nn(Cc2ccccc2Cl)c(C)c1C(=O)N1CCC(C(=O)N2CCCCC2)CC1. The van der Waals surface area contributed by atoms with Crippen LogP contribution in [0.2, 0.25) is 5.02 Å². The van der Waals surface area contributed by atoms with Crippen LogP contribution in [-0.2, 0) is 11.3 Å². The first kappa shape index (κ1) is 21.9. The first-order valence-electron chi connectivity index (χ1n) is 11.3. The van der Waals surface area contributed by atoms with Crippen LogP contribution in [0.15, 0.2) is 24.3 Å². The lowest BCUT2D eigenvalue weighted by atomic mass is 9.94. The maximum atomic E-state index is 13.3. The predicted octanol–water partition coefficient (Wildman–Crippen LogP) is 4.07. The molecule has 0 bridgehead atoms. The Morgan fingerprint density at radius 1 is 1.00 bits per heavy atom. The van der Waals surface area contributed by atoms with Crippen LogP contribution in [0.5, 0.6) is 0 Å². The van der Waals surface area contributed by atoms with E-state index in [1.807, 2.05) is 52.6 Å². The van der Waals surface area contributed by atoms with Gasteiger partial charge in [-0.15, -0.1) is 0 Å². The Labute approximate surface area is 189 Å². The summed E-state index contributed by atoms with van der Waals surface area (Å²) in [4.78, 5) is 30.0. The van der Waals surface area contributed by atoms with Crippen molar-refractivity contribution in [3.05, 3.63) is 51.8 Å². The molecule has 2 aliphatic rings. The van der Waals surface area contributed by atoms with Crippen LogP contribution < -0.4 is 0 Å². The Bertz CT molecular complexity index is 956. The highest BCUT2D eigenvalue weighted by atomic mass is 35.5. The van der Waals surface area contributed by atoms with Gasteiger partial charge in [0.25, 0.3) is 5.91 Å². The van der Waals surface area contributed by atoms with Gasteiger partial charge in [-0.25, -0.2) is 0 Å². The lowest BCUT2D eigenvalue weighted by molar-refractivity contribution is -0.137. The minimum Gasteiger partial charge on any atom is -0.342 e. The fraction of sp³-hybridized carbons (Fsp3) is 0.542. The Kier molecular flexibility index (Phi) is 6.65. The minimum atomic E-state index is 0.0179. The molecular formula is C24H31ClN4O2. The molecule has 4 rings (SSSR count). The monoisotopic (exact) mass is 442 g/mol. The summed E-state index contributed by atoms with van der Waals surface area (Å²) in [6.45, 7) is 7.38. The Morgan fingerprint density at radius 3 is 2.35 bits per heavy atom. The molecular weight excluding hydrogens is 412 g/mol. The van der Waals surface area contributed by atoms with Crippen LogP contribution >= 0.6 is 11.6 Å². The standard InChI is InChI=1S/C24H31ClN4O2/c1-17-22(18(2)29(26-17)16-20-8-4-5-9-21(20)25)24(31)28-14-10-19(11-15-28)23(30)27-12-6-3-7-13-27/h4-5,8-9,19H,3,6-7,10-16H2,1-2H3. The molecule has 6 nitrogen and oxygen atoms in total. The van der Waals surface area contributed by atoms with E-state index in [-0.39, 0.29) is 17.7 Å². The number of carbonyl (C=O) groups is 2. The third-order valence-electron chi connectivity index (χ3n) is 6.67. The average Bonchev–Trinajstić information content (AvgIpc) is 3.07. The van der Waals surface area contributed by atoms with Gasteiger partial charge >= 0.3 is 0 Å². The smallest absolute Gasteiger partial charge is 0.257 e. The highest BCUT2D eigenvalue weighted by Gasteiger charge is 2.32. The average molecular weight is 443 g/mol. The van der Waals surface area contributed by atoms with Crippen LogP contribution in [0.1, 0.15) is 59.4 Å². The minimum absolute atomic E-state index is 0.0179. The van der Waals surface area contributed by atoms with E-state index in [1.165, 1.54) is 6.42 Å². The quantitative estimate of drug-likeness (QED) is 0.717. The van der Waals surface area contributed by atoms with Gasteiger partial charge in [0, 0.05) is 42.8 Å². The highest BCUT2D eigenvalue weighted by molar-refractivity contribution is 6.31. The molecule has 0 saturated carbocycles. The first-order chi connectivity index (χ1) is 15.0. The highest BCUT2D eigenvalue weighted by Crippen LogP contribution is 2.25. The van der Waals surface area contributed by atoms with Gasteiger partial charge in [0.15, 0.2) is 0 Å². The van der Waals surface area contributed by atoms with E-state index in [4.69, 9.17) is 11.6 Å². The molecule has 2 saturated heterocycles. The van der Waals surface area contributed by atoms with E-state index in [2.05, 4.69) is 5.10 Å². The molecule has 31 heavy (non-hydrogen) atoms. The van der Waals surface area contributed by atoms with Crippen LogP contribution in [0.3, 0.4) is 0 Å². The number of carbonyl (C=O) groups excluding carboxylic acids is 2. The number of rotatable bonds is 4. The van der Waals surface area contributed by atoms with E-state index in [0.717, 1.165) is 55.7 Å². The van der Waals surface area contributed by atoms with Crippen molar-refractivity contribution in [2.24, 2.45) is 5.92 Å². The Hall–Kier alpha value is -2.34. The van der Waals surface area contributed by atoms with Crippen molar-refractivity contribution in [2.75, 3.05) is 26.2 Å². The predicted molar refractivity (Wildman–Crippen MR) is 121 cm³/mol. The zero-order valence-corrected chi connectivity index (χ0v) is 19.2. The van der Waals surface area contributed by atoms with Crippen LogP contribution in [0.25, 0.3) is 0 Å². The summed E-state index contributed by atoms with van der Waals surface area (Å²) in [5.41, 5.74) is 3.24. The van der Waals surface area contributed by atoms with Crippen LogP contribution in [0, 0.1) is 19.8 Å². The molecule has 0 unspecified atom stereocenters. The lowest BCUT2D eigenvalue weighted by Gasteiger charge is -2.35. The summed E-state index contributed by atoms with van der Waals surface area (Å²) < 4.78 is 1.86. The third-order valence-corrected chi connectivity index (χ3v) is 7.04. The van der Waals surface area contributed by atoms with Gasteiger partial charge in [-0.05, 0) is 57.6 Å². The summed E-state index contributed by atoms with van der Waals surface area (Å²) in [5.74, 6) is 0.350. The second-order valence-electron chi connectivity index (χ2n) is 8.75. The van der Waals surface area contributed by atoms with E-state index in [0.29, 0.717) is 30.2 Å². The van der Waals surface area contributed by atoms with Gasteiger partial charge in [0.05, 0.1) is 17.8 Å². The molecule has 1 aromatic heterocycles. The summed E-state index contributed by atoms with van der Waals surface area (Å²) in [7, 11) is 0. The molecule has 2 aromatic rings. The molecule has 2 amide bonds. The molecule has 0 radical (unpaired) electrons. The zero-order chi connectivity index (χ0) is 22.0. The fourth-order valence-electron chi connectivity index (χ4n) is 4.81. The Morgan fingerprint density at radius 2 is 1.68 bits per heavy atom. The summed E-state index contributed by atoms with van der Waals surface area (Å²) in [6, 6.07) is 7.70. The number of nitrogens with zero attached hydrogens (tertiary/aromatic N) is 4. The number of hydrogen-bond acceptors (Lipinski definition) is 3. The molecule has 2 aliphatic heterocycles. The van der Waals surface area contributed by atoms with Crippen molar-refractivity contribution < 1.29 is 9.59 Å². The number of likely N-dealkylation sites (tertiary alicyclic amines) is 2. The number of amides is 2. The number of aromatic nitrogens is 2. The largest absolute Gasteiger partial charge is 0.342 e. The van der Waals surface area contributed by atoms with Crippen LogP contribution in [-0.4, -0.2) is 57.6 Å². The summed E-state index contributed by atoms with van der Waals surface area (Å²) in [5, 5.41) is 5.31. The van der Waals surface area contributed by atoms with Crippen molar-refractivity contribution in [3.8, 4) is 0 Å². The zero-order valence-electron chi connectivity index (χ0n) is 18.4. The molecule has 2 fully saturated rings. The number of piperidine rings is 2. The maximum absolute atomic E-state index is 13.3. The van der Waals surface area contributed by atoms with Gasteiger partial charge in [-0.1, -0.05) is 29.8 Å². The number of benzene rings is 1. The van der Waals surface area contributed by atoms with Gasteiger partial charge in [0.2, 0.25) is 5.91 Å². The van der Waals surface area contributed by atoms with Gasteiger partial charge in [-0.2, -0.15) is 5.10 Å². The van der Waals surface area contributed by atoms with Crippen molar-refractivity contribution in [3.63, 3.8) is 0 Å². The van der Waals surface area contributed by atoms with Gasteiger partial charge < -0.3 is 9.80 Å². The Balaban J connectivity index is 1.41. The molecule has 0 atom stereocenters. The van der Waals surface area contributed by atoms with Crippen molar-refractivity contribution >= 4 is 23.4 Å². The molecule has 7 heteroatoms. The molecule has 0 spiro atoms. The lowest BCUT2D eigenvalue weighted by Crippen LogP contribution is -2.45. The number of aryl methyl sites for hydroxylation is 1. The van der Waals surface area contributed by atoms with E-state index in [9.17, 15) is 9.59 Å². The van der Waals surface area contributed by atoms with Crippen molar-refractivity contribution in [1.82, 2.24) is 19.6 Å². The molecule has 166 valence electrons. The molecule has 0 aliphatic carbocycles. The topological polar surface area (TPSA) is 58.4 Å². The van der Waals surface area contributed by atoms with E-state index in [1.54, 1.807) is 0 Å². The molecule has 3 heterocycles. The molecule has 1 aromatic carbocycles. The second-order valence-corrected chi connectivity index (χ2v) is 9.15. The van der Waals surface area contributed by atoms with Crippen LogP contribution in [0.4, 0.5) is 0 Å². The maximum Gasteiger partial charge on any atom is 0.257 e. The third kappa shape index (κ3) is 4.64. The normalized spacial score (nSPS) is 17.8. The van der Waals surface area contributed by atoms with Crippen molar-refractivity contribution in [1.29, 1.82) is 0 Å². The molecule has 0 N–H and O–H groups in total. The first-order valence-corrected chi connectivity index (χ1v) is 11.7. The fourth-order valence-corrected chi connectivity index (χ4v) is 5.00. The van der Waals surface area contributed by atoms with E-state index >= 15 is 0 Å². The summed E-state index contributed by atoms with van der Waals surface area (Å²) >= 11 is 6.31. The number of hydrogen-bond donors (Lipinski definition) is 0. The second kappa shape index (κ2) is 9.43. The number of halogens is 1. The van der Waals surface area contributed by atoms with E-state index < -0.39 is 0 Å². The van der Waals surface area contributed by atoms with Gasteiger partial charge in [0.1, 0.15) is 0 Å².